The summed E-state index contributed by atoms with van der Waals surface area (Å²) >= 11 is 0. The molecule has 34 heavy (non-hydrogen) atoms. The van der Waals surface area contributed by atoms with Crippen molar-refractivity contribution in [2.24, 2.45) is 0 Å². The molecule has 1 atom stereocenters. The zero-order valence-corrected chi connectivity index (χ0v) is 18.6. The summed E-state index contributed by atoms with van der Waals surface area (Å²) in [5.74, 6) is -2.02. The molecule has 3 aromatic carbocycles. The van der Waals surface area contributed by atoms with Crippen molar-refractivity contribution in [1.29, 1.82) is 0 Å². The zero-order valence-electron chi connectivity index (χ0n) is 18.6. The van der Waals surface area contributed by atoms with Gasteiger partial charge in [0.1, 0.15) is 0 Å². The maximum Gasteiger partial charge on any atom is 0.337 e. The molecule has 0 aliphatic rings. The predicted octanol–water partition coefficient (Wildman–Crippen LogP) is 5.18. The van der Waals surface area contributed by atoms with Crippen molar-refractivity contribution in [2.45, 2.75) is 19.4 Å². The van der Waals surface area contributed by atoms with Gasteiger partial charge in [0, 0.05) is 35.3 Å². The minimum absolute atomic E-state index is 0.0690. The van der Waals surface area contributed by atoms with Gasteiger partial charge in [0.05, 0.1) is 23.1 Å². The number of hydrogen-bond acceptors (Lipinski definition) is 6. The second-order valence-electron chi connectivity index (χ2n) is 7.73. The number of hydrogen-bond donors (Lipinski definition) is 4. The van der Waals surface area contributed by atoms with Gasteiger partial charge in [-0.25, -0.2) is 9.78 Å². The van der Waals surface area contributed by atoms with Crippen LogP contribution in [-0.4, -0.2) is 40.3 Å². The number of ether oxygens (including phenoxy) is 1. The number of pyridine rings is 1. The van der Waals surface area contributed by atoms with E-state index in [1.54, 1.807) is 19.1 Å². The van der Waals surface area contributed by atoms with Gasteiger partial charge < -0.3 is 25.6 Å². The van der Waals surface area contributed by atoms with Gasteiger partial charge in [0.25, 0.3) is 0 Å². The quantitative estimate of drug-likeness (QED) is 0.239. The summed E-state index contributed by atoms with van der Waals surface area (Å²) in [5.41, 5.74) is 4.19. The van der Waals surface area contributed by atoms with E-state index in [2.05, 4.69) is 10.6 Å². The Morgan fingerprint density at radius 3 is 2.15 bits per heavy atom. The minimum atomic E-state index is -1.15. The molecule has 0 aliphatic carbocycles. The Hall–Kier alpha value is -4.17. The number of aliphatic carboxylic acids is 2. The SMILES string of the molecule is CCOC(C(=O)O)c1cc(NCCC(=O)O)cc(Nc2c3ccccc3nc3ccccc23)c1. The smallest absolute Gasteiger partial charge is 0.337 e. The largest absolute Gasteiger partial charge is 0.481 e. The molecular formula is C26H25N3O5. The Morgan fingerprint density at radius 2 is 1.56 bits per heavy atom. The lowest BCUT2D eigenvalue weighted by Crippen LogP contribution is -2.16. The number of para-hydroxylation sites is 2. The first kappa shape index (κ1) is 23.0. The minimum Gasteiger partial charge on any atom is -0.481 e. The van der Waals surface area contributed by atoms with E-state index in [1.807, 2.05) is 54.6 Å². The normalized spacial score (nSPS) is 11.9. The third-order valence-corrected chi connectivity index (χ3v) is 5.34. The number of carboxylic acid groups (broad SMARTS) is 2. The van der Waals surface area contributed by atoms with Crippen LogP contribution in [0.2, 0.25) is 0 Å². The lowest BCUT2D eigenvalue weighted by molar-refractivity contribution is -0.150. The van der Waals surface area contributed by atoms with E-state index < -0.39 is 18.0 Å². The van der Waals surface area contributed by atoms with Crippen LogP contribution in [0, 0.1) is 0 Å². The standard InChI is InChI=1S/C26H25N3O5/c1-2-34-25(26(32)33)16-13-17(27-12-11-23(30)31)15-18(14-16)28-24-19-7-3-5-9-21(19)29-22-10-6-4-8-20(22)24/h3-10,13-15,25,27H,2,11-12H2,1H3,(H,28,29)(H,30,31)(H,32,33). The van der Waals surface area contributed by atoms with Crippen LogP contribution < -0.4 is 10.6 Å². The molecule has 0 amide bonds. The highest BCUT2D eigenvalue weighted by Gasteiger charge is 2.21. The molecule has 4 aromatic rings. The third-order valence-electron chi connectivity index (χ3n) is 5.34. The third kappa shape index (κ3) is 5.07. The molecule has 1 aromatic heterocycles. The van der Waals surface area contributed by atoms with Gasteiger partial charge in [-0.15, -0.1) is 0 Å². The molecule has 8 nitrogen and oxygen atoms in total. The fourth-order valence-corrected chi connectivity index (χ4v) is 3.89. The summed E-state index contributed by atoms with van der Waals surface area (Å²) in [4.78, 5) is 27.6. The topological polar surface area (TPSA) is 121 Å². The van der Waals surface area contributed by atoms with Crippen LogP contribution in [0.5, 0.6) is 0 Å². The van der Waals surface area contributed by atoms with E-state index in [1.165, 1.54) is 0 Å². The Bertz CT molecular complexity index is 1300. The van der Waals surface area contributed by atoms with Gasteiger partial charge in [-0.1, -0.05) is 36.4 Å². The van der Waals surface area contributed by atoms with Crippen molar-refractivity contribution in [2.75, 3.05) is 23.8 Å². The second kappa shape index (κ2) is 10.2. The number of fused-ring (bicyclic) bond motifs is 2. The highest BCUT2D eigenvalue weighted by atomic mass is 16.5. The number of rotatable bonds is 10. The molecule has 1 heterocycles. The first-order chi connectivity index (χ1) is 16.5. The number of aromatic nitrogens is 1. The molecule has 0 aliphatic heterocycles. The monoisotopic (exact) mass is 459 g/mol. The van der Waals surface area contributed by atoms with Crippen LogP contribution in [0.3, 0.4) is 0 Å². The number of nitrogens with one attached hydrogen (secondary N) is 2. The molecule has 1 unspecified atom stereocenters. The van der Waals surface area contributed by atoms with E-state index in [9.17, 15) is 14.7 Å². The zero-order chi connectivity index (χ0) is 24.1. The Balaban J connectivity index is 1.81. The van der Waals surface area contributed by atoms with Gasteiger partial charge in [-0.2, -0.15) is 0 Å². The highest BCUT2D eigenvalue weighted by molar-refractivity contribution is 6.08. The van der Waals surface area contributed by atoms with Crippen molar-refractivity contribution in [3.8, 4) is 0 Å². The van der Waals surface area contributed by atoms with Gasteiger partial charge in [0.15, 0.2) is 6.10 Å². The Morgan fingerprint density at radius 1 is 0.941 bits per heavy atom. The van der Waals surface area contributed by atoms with E-state index in [0.717, 1.165) is 27.5 Å². The fourth-order valence-electron chi connectivity index (χ4n) is 3.89. The summed E-state index contributed by atoms with van der Waals surface area (Å²) < 4.78 is 5.47. The lowest BCUT2D eigenvalue weighted by atomic mass is 10.0. The lowest BCUT2D eigenvalue weighted by Gasteiger charge is -2.19. The van der Waals surface area contributed by atoms with Crippen molar-refractivity contribution < 1.29 is 24.5 Å². The van der Waals surface area contributed by atoms with Crippen molar-refractivity contribution in [3.05, 3.63) is 72.3 Å². The number of carboxylic acids is 2. The number of anilines is 3. The second-order valence-corrected chi connectivity index (χ2v) is 7.73. The average molecular weight is 460 g/mol. The van der Waals surface area contributed by atoms with E-state index in [0.29, 0.717) is 16.9 Å². The summed E-state index contributed by atoms with van der Waals surface area (Å²) in [5, 5.41) is 27.1. The molecular weight excluding hydrogens is 434 g/mol. The van der Waals surface area contributed by atoms with E-state index >= 15 is 0 Å². The first-order valence-corrected chi connectivity index (χ1v) is 11.0. The molecule has 4 rings (SSSR count). The Kier molecular flexibility index (Phi) is 6.89. The van der Waals surface area contributed by atoms with Crippen LogP contribution in [0.25, 0.3) is 21.8 Å². The van der Waals surface area contributed by atoms with Crippen LogP contribution in [-0.2, 0) is 14.3 Å². The highest BCUT2D eigenvalue weighted by Crippen LogP contribution is 2.35. The van der Waals surface area contributed by atoms with Crippen LogP contribution in [0.1, 0.15) is 25.0 Å². The molecule has 0 saturated heterocycles. The molecule has 8 heteroatoms. The summed E-state index contributed by atoms with van der Waals surface area (Å²) in [7, 11) is 0. The Labute approximate surface area is 196 Å². The number of nitrogens with zero attached hydrogens (tertiary/aromatic N) is 1. The van der Waals surface area contributed by atoms with Crippen LogP contribution in [0.4, 0.5) is 17.1 Å². The van der Waals surface area contributed by atoms with Gasteiger partial charge in [-0.3, -0.25) is 4.79 Å². The van der Waals surface area contributed by atoms with E-state index in [4.69, 9.17) is 14.8 Å². The maximum absolute atomic E-state index is 11.9. The molecule has 0 bridgehead atoms. The van der Waals surface area contributed by atoms with Crippen LogP contribution >= 0.6 is 0 Å². The molecule has 0 radical (unpaired) electrons. The molecule has 0 spiro atoms. The maximum atomic E-state index is 11.9. The molecule has 4 N–H and O–H groups in total. The number of carbonyl (C=O) groups is 2. The fraction of sp³-hybridized carbons (Fsp3) is 0.192. The van der Waals surface area contributed by atoms with Crippen molar-refractivity contribution in [1.82, 2.24) is 4.98 Å². The molecule has 0 fully saturated rings. The predicted molar refractivity (Wildman–Crippen MR) is 132 cm³/mol. The van der Waals surface area contributed by atoms with Gasteiger partial charge >= 0.3 is 11.9 Å². The van der Waals surface area contributed by atoms with Crippen LogP contribution in [0.15, 0.2) is 66.7 Å². The van der Waals surface area contributed by atoms with Crippen molar-refractivity contribution >= 4 is 50.8 Å². The molecule has 174 valence electrons. The number of benzene rings is 3. The summed E-state index contributed by atoms with van der Waals surface area (Å²) in [6, 6.07) is 20.8. The first-order valence-electron chi connectivity index (χ1n) is 11.0. The van der Waals surface area contributed by atoms with Crippen molar-refractivity contribution in [3.63, 3.8) is 0 Å². The van der Waals surface area contributed by atoms with Gasteiger partial charge in [-0.05, 0) is 42.8 Å². The van der Waals surface area contributed by atoms with Gasteiger partial charge in [0.2, 0.25) is 0 Å². The summed E-state index contributed by atoms with van der Waals surface area (Å²) in [6.45, 7) is 2.17. The average Bonchev–Trinajstić information content (AvgIpc) is 2.82. The van der Waals surface area contributed by atoms with E-state index in [-0.39, 0.29) is 19.6 Å². The molecule has 0 saturated carbocycles. The summed E-state index contributed by atoms with van der Waals surface area (Å²) in [6.07, 6.45) is -1.22.